The van der Waals surface area contributed by atoms with Crippen LogP contribution in [0.5, 0.6) is 11.5 Å². The fourth-order valence-electron chi connectivity index (χ4n) is 2.22. The van der Waals surface area contributed by atoms with E-state index in [4.69, 9.17) is 14.6 Å². The van der Waals surface area contributed by atoms with Crippen LogP contribution in [0.4, 0.5) is 14.5 Å². The molecule has 0 spiro atoms. The Morgan fingerprint density at radius 3 is 2.41 bits per heavy atom. The van der Waals surface area contributed by atoms with Gasteiger partial charge in [0.05, 0.1) is 6.61 Å². The standard InChI is InChI=1S/C19H19F2NO5/c1-22(14-5-7-15(8-6-14)27-12-19(24)25)18(23)3-2-10-26-17-9-4-13(20)11-16(17)21/h4-9,11H,2-3,10,12H2,1H3,(H,24,25). The number of hydrogen-bond donors (Lipinski definition) is 1. The summed E-state index contributed by atoms with van der Waals surface area (Å²) in [6.45, 7) is -0.327. The van der Waals surface area contributed by atoms with Gasteiger partial charge in [0.1, 0.15) is 11.6 Å². The van der Waals surface area contributed by atoms with Gasteiger partial charge in [0.25, 0.3) is 0 Å². The Balaban J connectivity index is 1.78. The summed E-state index contributed by atoms with van der Waals surface area (Å²) in [5.74, 6) is -2.39. The Kier molecular flexibility index (Phi) is 7.10. The molecule has 0 bridgehead atoms. The molecule has 0 saturated heterocycles. The lowest BCUT2D eigenvalue weighted by Crippen LogP contribution is -2.26. The quantitative estimate of drug-likeness (QED) is 0.677. The maximum atomic E-state index is 13.4. The summed E-state index contributed by atoms with van der Waals surface area (Å²) in [7, 11) is 1.61. The van der Waals surface area contributed by atoms with Crippen molar-refractivity contribution in [3.8, 4) is 11.5 Å². The van der Waals surface area contributed by atoms with Crippen LogP contribution >= 0.6 is 0 Å². The van der Waals surface area contributed by atoms with Crippen LogP contribution in [-0.2, 0) is 9.59 Å². The molecular weight excluding hydrogens is 360 g/mol. The lowest BCUT2D eigenvalue weighted by atomic mass is 10.2. The zero-order valence-corrected chi connectivity index (χ0v) is 14.7. The number of carboxylic acids is 1. The predicted octanol–water partition coefficient (Wildman–Crippen LogP) is 3.25. The number of benzene rings is 2. The highest BCUT2D eigenvalue weighted by Gasteiger charge is 2.12. The minimum atomic E-state index is -1.07. The molecule has 1 N–H and O–H groups in total. The van der Waals surface area contributed by atoms with Crippen molar-refractivity contribution in [1.82, 2.24) is 0 Å². The second-order valence-electron chi connectivity index (χ2n) is 5.66. The summed E-state index contributed by atoms with van der Waals surface area (Å²) in [5.41, 5.74) is 0.619. The first-order valence-electron chi connectivity index (χ1n) is 8.16. The summed E-state index contributed by atoms with van der Waals surface area (Å²) in [4.78, 5) is 24.1. The highest BCUT2D eigenvalue weighted by atomic mass is 19.1. The number of anilines is 1. The maximum absolute atomic E-state index is 13.4. The highest BCUT2D eigenvalue weighted by molar-refractivity contribution is 5.92. The molecule has 2 rings (SSSR count). The molecule has 6 nitrogen and oxygen atoms in total. The molecule has 27 heavy (non-hydrogen) atoms. The van der Waals surface area contributed by atoms with Crippen LogP contribution in [0.2, 0.25) is 0 Å². The lowest BCUT2D eigenvalue weighted by molar-refractivity contribution is -0.139. The molecular formula is C19H19F2NO5. The lowest BCUT2D eigenvalue weighted by Gasteiger charge is -2.18. The van der Waals surface area contributed by atoms with E-state index in [-0.39, 0.29) is 24.7 Å². The Bertz CT molecular complexity index is 795. The van der Waals surface area contributed by atoms with Gasteiger partial charge < -0.3 is 19.5 Å². The summed E-state index contributed by atoms with van der Waals surface area (Å²) < 4.78 is 36.5. The van der Waals surface area contributed by atoms with Crippen molar-refractivity contribution in [2.24, 2.45) is 0 Å². The van der Waals surface area contributed by atoms with E-state index in [1.807, 2.05) is 0 Å². The normalized spacial score (nSPS) is 10.3. The van der Waals surface area contributed by atoms with Crippen LogP contribution in [0.15, 0.2) is 42.5 Å². The van der Waals surface area contributed by atoms with Crippen LogP contribution in [-0.4, -0.2) is 37.2 Å². The average Bonchev–Trinajstić information content (AvgIpc) is 2.64. The largest absolute Gasteiger partial charge is 0.491 e. The molecule has 0 aliphatic rings. The van der Waals surface area contributed by atoms with Crippen molar-refractivity contribution in [2.75, 3.05) is 25.2 Å². The third-order valence-corrected chi connectivity index (χ3v) is 3.65. The van der Waals surface area contributed by atoms with Gasteiger partial charge in [-0.1, -0.05) is 0 Å². The van der Waals surface area contributed by atoms with Gasteiger partial charge in [0.2, 0.25) is 5.91 Å². The SMILES string of the molecule is CN(C(=O)CCCOc1ccc(F)cc1F)c1ccc(OCC(=O)O)cc1. The van der Waals surface area contributed by atoms with Crippen molar-refractivity contribution < 1.29 is 33.0 Å². The second-order valence-corrected chi connectivity index (χ2v) is 5.66. The zero-order chi connectivity index (χ0) is 19.8. The van der Waals surface area contributed by atoms with E-state index in [1.165, 1.54) is 11.0 Å². The Morgan fingerprint density at radius 2 is 1.78 bits per heavy atom. The van der Waals surface area contributed by atoms with Gasteiger partial charge in [0.15, 0.2) is 18.2 Å². The topological polar surface area (TPSA) is 76.1 Å². The Labute approximate surface area is 154 Å². The van der Waals surface area contributed by atoms with Crippen molar-refractivity contribution in [3.05, 3.63) is 54.1 Å². The molecule has 0 unspecified atom stereocenters. The molecule has 0 heterocycles. The third-order valence-electron chi connectivity index (χ3n) is 3.65. The van der Waals surface area contributed by atoms with Gasteiger partial charge in [-0.15, -0.1) is 0 Å². The second kappa shape index (κ2) is 9.51. The van der Waals surface area contributed by atoms with Crippen LogP contribution in [0.25, 0.3) is 0 Å². The molecule has 0 saturated carbocycles. The molecule has 0 aliphatic carbocycles. The molecule has 2 aromatic carbocycles. The first-order chi connectivity index (χ1) is 12.9. The van der Waals surface area contributed by atoms with E-state index in [1.54, 1.807) is 31.3 Å². The van der Waals surface area contributed by atoms with Gasteiger partial charge in [0, 0.05) is 25.2 Å². The van der Waals surface area contributed by atoms with Crippen molar-refractivity contribution in [2.45, 2.75) is 12.8 Å². The van der Waals surface area contributed by atoms with E-state index in [2.05, 4.69) is 0 Å². The molecule has 0 aliphatic heterocycles. The fourth-order valence-corrected chi connectivity index (χ4v) is 2.22. The number of carbonyl (C=O) groups excluding carboxylic acids is 1. The number of hydrogen-bond acceptors (Lipinski definition) is 4. The molecule has 0 aromatic heterocycles. The summed E-state index contributed by atoms with van der Waals surface area (Å²) >= 11 is 0. The number of amides is 1. The number of ether oxygens (including phenoxy) is 2. The van der Waals surface area contributed by atoms with E-state index in [0.717, 1.165) is 12.1 Å². The zero-order valence-electron chi connectivity index (χ0n) is 14.7. The summed E-state index contributed by atoms with van der Waals surface area (Å²) in [5, 5.41) is 8.57. The first-order valence-corrected chi connectivity index (χ1v) is 8.16. The molecule has 2 aromatic rings. The molecule has 144 valence electrons. The molecule has 0 atom stereocenters. The number of carbonyl (C=O) groups is 2. The number of rotatable bonds is 9. The van der Waals surface area contributed by atoms with E-state index in [9.17, 15) is 18.4 Å². The van der Waals surface area contributed by atoms with E-state index in [0.29, 0.717) is 17.9 Å². The van der Waals surface area contributed by atoms with E-state index >= 15 is 0 Å². The fraction of sp³-hybridized carbons (Fsp3) is 0.263. The van der Waals surface area contributed by atoms with Crippen molar-refractivity contribution in [3.63, 3.8) is 0 Å². The minimum absolute atomic E-state index is 0.0610. The predicted molar refractivity (Wildman–Crippen MR) is 94.1 cm³/mol. The van der Waals surface area contributed by atoms with Gasteiger partial charge >= 0.3 is 5.97 Å². The van der Waals surface area contributed by atoms with Gasteiger partial charge in [-0.25, -0.2) is 13.6 Å². The average molecular weight is 379 g/mol. The van der Waals surface area contributed by atoms with Crippen LogP contribution in [0.1, 0.15) is 12.8 Å². The van der Waals surface area contributed by atoms with Crippen molar-refractivity contribution in [1.29, 1.82) is 0 Å². The number of halogens is 2. The van der Waals surface area contributed by atoms with Gasteiger partial charge in [-0.05, 0) is 42.8 Å². The maximum Gasteiger partial charge on any atom is 0.341 e. The molecule has 1 amide bonds. The van der Waals surface area contributed by atoms with Gasteiger partial charge in [-0.2, -0.15) is 0 Å². The Morgan fingerprint density at radius 1 is 1.07 bits per heavy atom. The number of nitrogens with zero attached hydrogens (tertiary/aromatic N) is 1. The number of carboxylic acid groups (broad SMARTS) is 1. The van der Waals surface area contributed by atoms with Crippen molar-refractivity contribution >= 4 is 17.6 Å². The monoisotopic (exact) mass is 379 g/mol. The third kappa shape index (κ3) is 6.25. The van der Waals surface area contributed by atoms with Crippen LogP contribution in [0, 0.1) is 11.6 Å². The minimum Gasteiger partial charge on any atom is -0.491 e. The van der Waals surface area contributed by atoms with Crippen LogP contribution in [0.3, 0.4) is 0 Å². The number of aliphatic carboxylic acids is 1. The summed E-state index contributed by atoms with van der Waals surface area (Å²) in [6.07, 6.45) is 0.538. The Hall–Kier alpha value is -3.16. The van der Waals surface area contributed by atoms with E-state index < -0.39 is 24.2 Å². The van der Waals surface area contributed by atoms with Gasteiger partial charge in [-0.3, -0.25) is 4.79 Å². The molecule has 8 heteroatoms. The van der Waals surface area contributed by atoms with Crippen LogP contribution < -0.4 is 14.4 Å². The smallest absolute Gasteiger partial charge is 0.341 e. The first kappa shape index (κ1) is 20.2. The molecule has 0 radical (unpaired) electrons. The highest BCUT2D eigenvalue weighted by Crippen LogP contribution is 2.20. The summed E-state index contributed by atoms with van der Waals surface area (Å²) in [6, 6.07) is 9.45. The molecule has 0 fully saturated rings.